The molecule has 0 N–H and O–H groups in total. The SMILES string of the molecule is CCCCCCCCOc1cccc(P(c2cccc(OC)c2)c2cccc(OCCCCCCCC)c2)c1. The van der Waals surface area contributed by atoms with Crippen molar-refractivity contribution < 1.29 is 14.2 Å². The quantitative estimate of drug-likeness (QED) is 0.104. The largest absolute Gasteiger partial charge is 0.497 e. The Labute approximate surface area is 239 Å². The Balaban J connectivity index is 1.72. The van der Waals surface area contributed by atoms with Gasteiger partial charge >= 0.3 is 0 Å². The van der Waals surface area contributed by atoms with Crippen LogP contribution in [0, 0.1) is 0 Å². The molecular weight excluding hydrogens is 499 g/mol. The topological polar surface area (TPSA) is 27.7 Å². The minimum Gasteiger partial charge on any atom is -0.497 e. The highest BCUT2D eigenvalue weighted by atomic mass is 31.1. The van der Waals surface area contributed by atoms with Crippen molar-refractivity contribution in [3.63, 3.8) is 0 Å². The summed E-state index contributed by atoms with van der Waals surface area (Å²) in [7, 11) is 0.933. The lowest BCUT2D eigenvalue weighted by molar-refractivity contribution is 0.304. The summed E-state index contributed by atoms with van der Waals surface area (Å²) >= 11 is 0. The van der Waals surface area contributed by atoms with Gasteiger partial charge in [-0.25, -0.2) is 0 Å². The normalized spacial score (nSPS) is 11.1. The van der Waals surface area contributed by atoms with Gasteiger partial charge in [0.2, 0.25) is 0 Å². The van der Waals surface area contributed by atoms with E-state index in [0.29, 0.717) is 0 Å². The van der Waals surface area contributed by atoms with Gasteiger partial charge in [0, 0.05) is 0 Å². The van der Waals surface area contributed by atoms with Crippen molar-refractivity contribution in [3.05, 3.63) is 72.8 Å². The fourth-order valence-electron chi connectivity index (χ4n) is 4.77. The van der Waals surface area contributed by atoms with Gasteiger partial charge in [-0.1, -0.05) is 114 Å². The summed E-state index contributed by atoms with van der Waals surface area (Å²) in [6.45, 7) is 6.06. The standard InChI is InChI=1S/C35H49O3P/c1-4-6-8-10-12-14-25-37-31-20-17-23-34(28-31)39(33-22-16-19-30(27-33)36-3)35-24-18-21-32(29-35)38-26-15-13-11-9-7-5-2/h16-24,27-29H,4-15,25-26H2,1-3H3. The maximum absolute atomic E-state index is 6.21. The van der Waals surface area contributed by atoms with Gasteiger partial charge in [-0.2, -0.15) is 0 Å². The van der Waals surface area contributed by atoms with E-state index in [1.54, 1.807) is 7.11 Å². The lowest BCUT2D eigenvalue weighted by atomic mass is 10.1. The van der Waals surface area contributed by atoms with Crippen molar-refractivity contribution >= 4 is 23.8 Å². The molecule has 0 saturated heterocycles. The number of rotatable bonds is 20. The highest BCUT2D eigenvalue weighted by molar-refractivity contribution is 7.79. The molecule has 3 aromatic rings. The van der Waals surface area contributed by atoms with Crippen LogP contribution in [0.4, 0.5) is 0 Å². The Morgan fingerprint density at radius 3 is 1.31 bits per heavy atom. The van der Waals surface area contributed by atoms with Crippen LogP contribution in [0.25, 0.3) is 0 Å². The van der Waals surface area contributed by atoms with Gasteiger partial charge in [-0.15, -0.1) is 0 Å². The van der Waals surface area contributed by atoms with Crippen molar-refractivity contribution in [2.75, 3.05) is 20.3 Å². The minimum atomic E-state index is -0.798. The predicted octanol–water partition coefficient (Wildman–Crippen LogP) is 8.93. The fraction of sp³-hybridized carbons (Fsp3) is 0.486. The molecule has 3 rings (SSSR count). The molecule has 0 radical (unpaired) electrons. The Hall–Kier alpha value is -2.51. The van der Waals surface area contributed by atoms with Crippen LogP contribution in [0.5, 0.6) is 17.2 Å². The summed E-state index contributed by atoms with van der Waals surface area (Å²) in [6.07, 6.45) is 15.2. The second kappa shape index (κ2) is 18.7. The first-order valence-electron chi connectivity index (χ1n) is 15.1. The zero-order valence-corrected chi connectivity index (χ0v) is 25.4. The van der Waals surface area contributed by atoms with Crippen LogP contribution < -0.4 is 30.1 Å². The summed E-state index contributed by atoms with van der Waals surface area (Å²) in [5.74, 6) is 2.78. The first-order valence-corrected chi connectivity index (χ1v) is 16.5. The highest BCUT2D eigenvalue weighted by Gasteiger charge is 2.19. The monoisotopic (exact) mass is 548 g/mol. The van der Waals surface area contributed by atoms with E-state index in [1.807, 2.05) is 6.07 Å². The zero-order valence-electron chi connectivity index (χ0n) is 24.5. The lowest BCUT2D eigenvalue weighted by Crippen LogP contribution is -2.21. The molecule has 0 atom stereocenters. The molecule has 0 fully saturated rings. The van der Waals surface area contributed by atoms with Crippen LogP contribution in [-0.2, 0) is 0 Å². The summed E-state index contributed by atoms with van der Waals surface area (Å²) in [6, 6.07) is 25.8. The fourth-order valence-corrected chi connectivity index (χ4v) is 7.14. The molecule has 3 aromatic carbocycles. The van der Waals surface area contributed by atoms with E-state index < -0.39 is 7.92 Å². The van der Waals surface area contributed by atoms with E-state index in [2.05, 4.69) is 80.6 Å². The van der Waals surface area contributed by atoms with E-state index in [-0.39, 0.29) is 0 Å². The molecular formula is C35H49O3P. The Morgan fingerprint density at radius 2 is 0.872 bits per heavy atom. The van der Waals surface area contributed by atoms with Gasteiger partial charge in [0.1, 0.15) is 17.2 Å². The maximum atomic E-state index is 6.21. The summed E-state index contributed by atoms with van der Waals surface area (Å²) in [5.41, 5.74) is 0. The molecule has 0 heterocycles. The van der Waals surface area contributed by atoms with E-state index in [1.165, 1.54) is 80.1 Å². The van der Waals surface area contributed by atoms with E-state index in [4.69, 9.17) is 14.2 Å². The second-order valence-corrected chi connectivity index (χ2v) is 12.5. The van der Waals surface area contributed by atoms with E-state index >= 15 is 0 Å². The molecule has 0 aromatic heterocycles. The first-order chi connectivity index (χ1) is 19.2. The first kappa shape index (κ1) is 31.0. The number of hydrogen-bond donors (Lipinski definition) is 0. The molecule has 39 heavy (non-hydrogen) atoms. The van der Waals surface area contributed by atoms with Gasteiger partial charge in [0.15, 0.2) is 0 Å². The lowest BCUT2D eigenvalue weighted by Gasteiger charge is -2.21. The Morgan fingerprint density at radius 1 is 0.487 bits per heavy atom. The van der Waals surface area contributed by atoms with Crippen LogP contribution in [0.2, 0.25) is 0 Å². The third kappa shape index (κ3) is 11.2. The molecule has 0 spiro atoms. The van der Waals surface area contributed by atoms with Gasteiger partial charge in [0.05, 0.1) is 20.3 Å². The van der Waals surface area contributed by atoms with Crippen molar-refractivity contribution in [3.8, 4) is 17.2 Å². The molecule has 0 aliphatic rings. The van der Waals surface area contributed by atoms with Gasteiger partial charge < -0.3 is 14.2 Å². The van der Waals surface area contributed by atoms with Crippen LogP contribution in [0.3, 0.4) is 0 Å². The molecule has 0 unspecified atom stereocenters. The van der Waals surface area contributed by atoms with Crippen LogP contribution in [-0.4, -0.2) is 20.3 Å². The van der Waals surface area contributed by atoms with Crippen LogP contribution >= 0.6 is 7.92 Å². The average molecular weight is 549 g/mol. The molecule has 3 nitrogen and oxygen atoms in total. The molecule has 0 aliphatic heterocycles. The summed E-state index contributed by atoms with van der Waals surface area (Å²) in [4.78, 5) is 0. The Bertz CT molecular complexity index is 1010. The number of unbranched alkanes of at least 4 members (excludes halogenated alkanes) is 10. The number of hydrogen-bond acceptors (Lipinski definition) is 3. The van der Waals surface area contributed by atoms with Crippen molar-refractivity contribution in [1.82, 2.24) is 0 Å². The third-order valence-corrected chi connectivity index (χ3v) is 9.38. The van der Waals surface area contributed by atoms with Crippen molar-refractivity contribution in [1.29, 1.82) is 0 Å². The average Bonchev–Trinajstić information content (AvgIpc) is 2.97. The number of methoxy groups -OCH3 is 1. The van der Waals surface area contributed by atoms with E-state index in [9.17, 15) is 0 Å². The van der Waals surface area contributed by atoms with Gasteiger partial charge in [-0.05, 0) is 73.1 Å². The molecule has 4 heteroatoms. The molecule has 0 aliphatic carbocycles. The Kier molecular flexibility index (Phi) is 14.9. The molecule has 0 bridgehead atoms. The predicted molar refractivity (Wildman–Crippen MR) is 169 cm³/mol. The summed E-state index contributed by atoms with van der Waals surface area (Å²) < 4.78 is 18.0. The molecule has 212 valence electrons. The van der Waals surface area contributed by atoms with Crippen molar-refractivity contribution in [2.45, 2.75) is 90.9 Å². The van der Waals surface area contributed by atoms with E-state index in [0.717, 1.165) is 43.3 Å². The van der Waals surface area contributed by atoms with Gasteiger partial charge in [-0.3, -0.25) is 0 Å². The molecule has 0 amide bonds. The summed E-state index contributed by atoms with van der Waals surface area (Å²) in [5, 5.41) is 3.80. The number of benzene rings is 3. The molecule has 0 saturated carbocycles. The third-order valence-electron chi connectivity index (χ3n) is 7.00. The second-order valence-electron chi connectivity index (χ2n) is 10.3. The van der Waals surface area contributed by atoms with Crippen LogP contribution in [0.15, 0.2) is 72.8 Å². The maximum Gasteiger partial charge on any atom is 0.119 e. The van der Waals surface area contributed by atoms with Crippen molar-refractivity contribution in [2.24, 2.45) is 0 Å². The number of ether oxygens (including phenoxy) is 3. The van der Waals surface area contributed by atoms with Crippen LogP contribution in [0.1, 0.15) is 90.9 Å². The van der Waals surface area contributed by atoms with Gasteiger partial charge in [0.25, 0.3) is 0 Å². The minimum absolute atomic E-state index is 0.772. The highest BCUT2D eigenvalue weighted by Crippen LogP contribution is 2.36. The smallest absolute Gasteiger partial charge is 0.119 e. The zero-order chi connectivity index (χ0) is 27.5.